The van der Waals surface area contributed by atoms with Gasteiger partial charge in [-0.15, -0.1) is 0 Å². The number of nitrogens with zero attached hydrogens (tertiary/aromatic N) is 1. The Bertz CT molecular complexity index is 684. The van der Waals surface area contributed by atoms with Gasteiger partial charge in [0.25, 0.3) is 0 Å². The number of rotatable bonds is 5. The topological polar surface area (TPSA) is 38.7 Å². The van der Waals surface area contributed by atoms with Crippen LogP contribution >= 0.6 is 0 Å². The zero-order valence-electron chi connectivity index (χ0n) is 15.1. The first-order chi connectivity index (χ1) is 11.4. The van der Waals surface area contributed by atoms with Crippen molar-refractivity contribution in [2.45, 2.75) is 46.1 Å². The van der Waals surface area contributed by atoms with Crippen LogP contribution in [0.2, 0.25) is 0 Å². The first kappa shape index (κ1) is 15.9. The zero-order chi connectivity index (χ0) is 17.1. The van der Waals surface area contributed by atoms with Gasteiger partial charge in [-0.1, -0.05) is 26.0 Å². The van der Waals surface area contributed by atoms with Crippen molar-refractivity contribution in [1.29, 1.82) is 0 Å². The number of aliphatic imine (C=N–C) groups is 1. The molecule has 0 heterocycles. The quantitative estimate of drug-likeness (QED) is 0.749. The molecule has 3 aliphatic carbocycles. The third-order valence-corrected chi connectivity index (χ3v) is 6.58. The molecule has 0 aromatic heterocycles. The first-order valence-corrected chi connectivity index (χ1v) is 9.14. The van der Waals surface area contributed by atoms with E-state index in [0.29, 0.717) is 29.0 Å². The Hall–Kier alpha value is -1.64. The van der Waals surface area contributed by atoms with E-state index in [-0.39, 0.29) is 12.0 Å². The Morgan fingerprint density at radius 3 is 2.46 bits per heavy atom. The predicted octanol–water partition coefficient (Wildman–Crippen LogP) is 4.47. The van der Waals surface area contributed by atoms with E-state index in [2.05, 4.69) is 32.9 Å². The molecule has 0 aliphatic heterocycles. The van der Waals surface area contributed by atoms with Gasteiger partial charge >= 0.3 is 0 Å². The summed E-state index contributed by atoms with van der Waals surface area (Å²) in [5.41, 5.74) is 2.63. The summed E-state index contributed by atoms with van der Waals surface area (Å²) in [6, 6.07) is 8.47. The van der Waals surface area contributed by atoms with Crippen molar-refractivity contribution in [3.05, 3.63) is 29.8 Å². The second kappa shape index (κ2) is 5.44. The minimum atomic E-state index is 0.0597. The molecule has 0 bridgehead atoms. The van der Waals surface area contributed by atoms with Crippen LogP contribution in [0.3, 0.4) is 0 Å². The van der Waals surface area contributed by atoms with E-state index < -0.39 is 0 Å². The fourth-order valence-electron chi connectivity index (χ4n) is 4.84. The van der Waals surface area contributed by atoms with Gasteiger partial charge < -0.3 is 4.74 Å². The summed E-state index contributed by atoms with van der Waals surface area (Å²) in [4.78, 5) is 17.5. The van der Waals surface area contributed by atoms with E-state index >= 15 is 0 Å². The summed E-state index contributed by atoms with van der Waals surface area (Å²) >= 11 is 0. The monoisotopic (exact) mass is 325 g/mol. The standard InChI is InChI=1S/C21H27NO2/c1-12(18-17(23)11-16-19(18)21(16,2)3)22-20(13-5-6-13)14-7-9-15(24-4)10-8-14/h7-10,13,16,18-20H,5-6,11H2,1-4H3/t16-,18?,19-,20+/m1/s1. The number of carbonyl (C=O) groups excluding carboxylic acids is 1. The average Bonchev–Trinajstić information content (AvgIpc) is 3.44. The molecule has 3 aliphatic rings. The van der Waals surface area contributed by atoms with Gasteiger partial charge in [0, 0.05) is 12.1 Å². The number of Topliss-reactive ketones (excluding diaryl/α,β-unsaturated/α-hetero) is 1. The molecule has 0 amide bonds. The SMILES string of the molecule is COc1ccc([C@@H](N=C(C)C2C(=O)C[C@@H]3[C@H]2C3(C)C)C2CC2)cc1. The number of ketones is 1. The predicted molar refractivity (Wildman–Crippen MR) is 95.4 cm³/mol. The molecule has 3 nitrogen and oxygen atoms in total. The van der Waals surface area contributed by atoms with Crippen molar-refractivity contribution in [3.8, 4) is 5.75 Å². The molecule has 128 valence electrons. The minimum absolute atomic E-state index is 0.0597. The number of fused-ring (bicyclic) bond motifs is 1. The van der Waals surface area contributed by atoms with Crippen LogP contribution in [0.5, 0.6) is 5.75 Å². The fourth-order valence-corrected chi connectivity index (χ4v) is 4.84. The molecule has 1 aromatic rings. The molecule has 1 unspecified atom stereocenters. The zero-order valence-corrected chi connectivity index (χ0v) is 15.1. The van der Waals surface area contributed by atoms with Crippen molar-refractivity contribution in [2.75, 3.05) is 7.11 Å². The smallest absolute Gasteiger partial charge is 0.142 e. The maximum Gasteiger partial charge on any atom is 0.142 e. The number of methoxy groups -OCH3 is 1. The van der Waals surface area contributed by atoms with Gasteiger partial charge in [-0.3, -0.25) is 9.79 Å². The van der Waals surface area contributed by atoms with Gasteiger partial charge in [-0.05, 0) is 60.6 Å². The van der Waals surface area contributed by atoms with E-state index in [0.717, 1.165) is 17.9 Å². The average molecular weight is 325 g/mol. The molecule has 3 fully saturated rings. The highest BCUT2D eigenvalue weighted by Gasteiger charge is 2.67. The van der Waals surface area contributed by atoms with Crippen molar-refractivity contribution >= 4 is 11.5 Å². The van der Waals surface area contributed by atoms with E-state index in [1.807, 2.05) is 12.1 Å². The van der Waals surface area contributed by atoms with Crippen LogP contribution in [0.4, 0.5) is 0 Å². The summed E-state index contributed by atoms with van der Waals surface area (Å²) < 4.78 is 5.26. The first-order valence-electron chi connectivity index (χ1n) is 9.14. The lowest BCUT2D eigenvalue weighted by Crippen LogP contribution is -2.24. The number of benzene rings is 1. The third kappa shape index (κ3) is 2.49. The minimum Gasteiger partial charge on any atom is -0.497 e. The van der Waals surface area contributed by atoms with Crippen molar-refractivity contribution in [2.24, 2.45) is 34.1 Å². The summed E-state index contributed by atoms with van der Waals surface area (Å²) in [6.45, 7) is 6.69. The van der Waals surface area contributed by atoms with Crippen molar-refractivity contribution in [1.82, 2.24) is 0 Å². The third-order valence-electron chi connectivity index (χ3n) is 6.58. The van der Waals surface area contributed by atoms with E-state index in [1.165, 1.54) is 18.4 Å². The fraction of sp³-hybridized carbons (Fsp3) is 0.619. The van der Waals surface area contributed by atoms with Crippen molar-refractivity contribution in [3.63, 3.8) is 0 Å². The van der Waals surface area contributed by atoms with Crippen LogP contribution in [-0.2, 0) is 4.79 Å². The van der Waals surface area contributed by atoms with Gasteiger partial charge in [0.1, 0.15) is 11.5 Å². The van der Waals surface area contributed by atoms with Crippen LogP contribution in [0.15, 0.2) is 29.3 Å². The molecular weight excluding hydrogens is 298 g/mol. The largest absolute Gasteiger partial charge is 0.497 e. The molecule has 0 N–H and O–H groups in total. The van der Waals surface area contributed by atoms with Gasteiger partial charge in [-0.25, -0.2) is 0 Å². The highest BCUT2D eigenvalue weighted by atomic mass is 16.5. The normalized spacial score (nSPS) is 32.4. The molecule has 24 heavy (non-hydrogen) atoms. The molecule has 0 radical (unpaired) electrons. The van der Waals surface area contributed by atoms with Gasteiger partial charge in [0.2, 0.25) is 0 Å². The molecule has 4 atom stereocenters. The highest BCUT2D eigenvalue weighted by Crippen LogP contribution is 2.68. The maximum atomic E-state index is 12.4. The Morgan fingerprint density at radius 1 is 1.25 bits per heavy atom. The van der Waals surface area contributed by atoms with Crippen molar-refractivity contribution < 1.29 is 9.53 Å². The lowest BCUT2D eigenvalue weighted by Gasteiger charge is -2.20. The Labute approximate surface area is 144 Å². The second-order valence-electron chi connectivity index (χ2n) is 8.43. The Morgan fingerprint density at radius 2 is 1.92 bits per heavy atom. The summed E-state index contributed by atoms with van der Waals surface area (Å²) in [6.07, 6.45) is 3.24. The molecule has 4 rings (SSSR count). The molecule has 0 spiro atoms. The van der Waals surface area contributed by atoms with Gasteiger partial charge in [0.15, 0.2) is 0 Å². The summed E-state index contributed by atoms with van der Waals surface area (Å²) in [5, 5.41) is 0. The molecule has 3 saturated carbocycles. The van der Waals surface area contributed by atoms with Gasteiger partial charge in [-0.2, -0.15) is 0 Å². The van der Waals surface area contributed by atoms with Gasteiger partial charge in [0.05, 0.1) is 19.1 Å². The summed E-state index contributed by atoms with van der Waals surface area (Å²) in [7, 11) is 1.69. The van der Waals surface area contributed by atoms with Crippen LogP contribution < -0.4 is 4.74 Å². The lowest BCUT2D eigenvalue weighted by atomic mass is 9.88. The molecule has 1 aromatic carbocycles. The van der Waals surface area contributed by atoms with E-state index in [4.69, 9.17) is 9.73 Å². The summed E-state index contributed by atoms with van der Waals surface area (Å²) in [5.74, 6) is 3.08. The highest BCUT2D eigenvalue weighted by molar-refractivity contribution is 6.07. The van der Waals surface area contributed by atoms with Crippen LogP contribution in [0.1, 0.15) is 51.6 Å². The Balaban J connectivity index is 1.60. The van der Waals surface area contributed by atoms with E-state index in [1.54, 1.807) is 7.11 Å². The van der Waals surface area contributed by atoms with E-state index in [9.17, 15) is 4.79 Å². The lowest BCUT2D eigenvalue weighted by molar-refractivity contribution is -0.120. The Kier molecular flexibility index (Phi) is 3.59. The van der Waals surface area contributed by atoms with Crippen LogP contribution in [0, 0.1) is 29.1 Å². The number of hydrogen-bond donors (Lipinski definition) is 0. The number of ether oxygens (including phenoxy) is 1. The maximum absolute atomic E-state index is 12.4. The number of carbonyl (C=O) groups is 1. The molecule has 3 heteroatoms. The number of hydrogen-bond acceptors (Lipinski definition) is 3. The molecular formula is C21H27NO2. The second-order valence-corrected chi connectivity index (χ2v) is 8.43. The van der Waals surface area contributed by atoms with Crippen LogP contribution in [0.25, 0.3) is 0 Å². The van der Waals surface area contributed by atoms with Crippen LogP contribution in [-0.4, -0.2) is 18.6 Å². The molecule has 0 saturated heterocycles.